The number of carbonyl (C=O) groups is 1. The summed E-state index contributed by atoms with van der Waals surface area (Å²) in [5.41, 5.74) is 3.05. The van der Waals surface area contributed by atoms with Gasteiger partial charge < -0.3 is 9.73 Å². The monoisotopic (exact) mass is 363 g/mol. The number of furan rings is 1. The minimum atomic E-state index is -0.183. The Bertz CT molecular complexity index is 1020. The Morgan fingerprint density at radius 2 is 1.96 bits per heavy atom. The highest BCUT2D eigenvalue weighted by atomic mass is 32.1. The summed E-state index contributed by atoms with van der Waals surface area (Å²) in [5.74, 6) is 1.18. The maximum atomic E-state index is 11.6. The van der Waals surface area contributed by atoms with Gasteiger partial charge in [-0.05, 0) is 26.0 Å². The molecule has 0 bridgehead atoms. The lowest BCUT2D eigenvalue weighted by molar-refractivity contribution is -0.114. The maximum absolute atomic E-state index is 11.6. The zero-order valence-corrected chi connectivity index (χ0v) is 15.5. The molecule has 0 unspecified atom stereocenters. The number of hydrogen-bond donors (Lipinski definition) is 1. The lowest BCUT2D eigenvalue weighted by atomic mass is 10.1. The summed E-state index contributed by atoms with van der Waals surface area (Å²) in [5, 5.41) is 13.5. The van der Waals surface area contributed by atoms with Crippen LogP contribution in [0.4, 0.5) is 5.00 Å². The van der Waals surface area contributed by atoms with Gasteiger partial charge >= 0.3 is 0 Å². The Hall–Kier alpha value is -3.17. The average Bonchev–Trinajstić information content (AvgIpc) is 3.19. The summed E-state index contributed by atoms with van der Waals surface area (Å²) in [6, 6.07) is 13.7. The van der Waals surface area contributed by atoms with Crippen molar-refractivity contribution in [1.82, 2.24) is 4.98 Å². The van der Waals surface area contributed by atoms with E-state index in [-0.39, 0.29) is 5.91 Å². The van der Waals surface area contributed by atoms with E-state index in [0.717, 1.165) is 16.9 Å². The number of aromatic nitrogens is 1. The number of anilines is 1. The van der Waals surface area contributed by atoms with Crippen molar-refractivity contribution in [3.63, 3.8) is 0 Å². The van der Waals surface area contributed by atoms with E-state index in [9.17, 15) is 10.1 Å². The lowest BCUT2D eigenvalue weighted by Crippen LogP contribution is -2.05. The molecule has 0 aliphatic heterocycles. The third-order valence-corrected chi connectivity index (χ3v) is 4.64. The number of rotatable bonds is 4. The fraction of sp³-hybridized carbons (Fsp3) is 0.150. The van der Waals surface area contributed by atoms with E-state index < -0.39 is 0 Å². The Labute approximate surface area is 155 Å². The van der Waals surface area contributed by atoms with Crippen molar-refractivity contribution in [2.75, 3.05) is 5.32 Å². The largest absolute Gasteiger partial charge is 0.462 e. The van der Waals surface area contributed by atoms with Gasteiger partial charge in [-0.2, -0.15) is 5.26 Å². The van der Waals surface area contributed by atoms with Crippen molar-refractivity contribution in [2.24, 2.45) is 0 Å². The highest BCUT2D eigenvalue weighted by Crippen LogP contribution is 2.36. The van der Waals surface area contributed by atoms with Crippen molar-refractivity contribution < 1.29 is 9.21 Å². The second-order valence-electron chi connectivity index (χ2n) is 5.86. The number of nitriles is 1. The lowest BCUT2D eigenvalue weighted by Gasteiger charge is -2.03. The minimum absolute atomic E-state index is 0.183. The molecule has 1 amide bonds. The summed E-state index contributed by atoms with van der Waals surface area (Å²) in [7, 11) is 0. The van der Waals surface area contributed by atoms with Gasteiger partial charge in [0.25, 0.3) is 0 Å². The Morgan fingerprint density at radius 3 is 2.54 bits per heavy atom. The van der Waals surface area contributed by atoms with Crippen molar-refractivity contribution >= 4 is 33.9 Å². The second-order valence-corrected chi connectivity index (χ2v) is 6.86. The zero-order chi connectivity index (χ0) is 18.7. The molecule has 0 saturated heterocycles. The first-order chi connectivity index (χ1) is 12.5. The van der Waals surface area contributed by atoms with Gasteiger partial charge in [0, 0.05) is 18.6 Å². The van der Waals surface area contributed by atoms with Crippen LogP contribution in [0.2, 0.25) is 0 Å². The van der Waals surface area contributed by atoms with Crippen LogP contribution in [0.5, 0.6) is 0 Å². The number of nitrogens with one attached hydrogen (secondary N) is 1. The molecular weight excluding hydrogens is 346 g/mol. The summed E-state index contributed by atoms with van der Waals surface area (Å²) < 4.78 is 5.52. The molecule has 1 N–H and O–H groups in total. The van der Waals surface area contributed by atoms with Crippen LogP contribution in [-0.2, 0) is 4.79 Å². The molecule has 0 saturated carbocycles. The molecular formula is C20H17N3O2S. The SMILES string of the molecule is CC(=O)Nc1sc(/C(C#N)=C/c2ccc(C)o2)nc1-c1ccc(C)cc1. The predicted octanol–water partition coefficient (Wildman–Crippen LogP) is 5.04. The normalized spacial score (nSPS) is 11.2. The first-order valence-electron chi connectivity index (χ1n) is 8.00. The van der Waals surface area contributed by atoms with Gasteiger partial charge in [0.05, 0.1) is 5.57 Å². The third kappa shape index (κ3) is 3.90. The summed E-state index contributed by atoms with van der Waals surface area (Å²) >= 11 is 1.27. The molecule has 3 rings (SSSR count). The van der Waals surface area contributed by atoms with Crippen LogP contribution in [0.3, 0.4) is 0 Å². The summed E-state index contributed by atoms with van der Waals surface area (Å²) in [4.78, 5) is 16.2. The molecule has 1 aromatic carbocycles. The zero-order valence-electron chi connectivity index (χ0n) is 14.7. The molecule has 0 atom stereocenters. The fourth-order valence-electron chi connectivity index (χ4n) is 2.40. The van der Waals surface area contributed by atoms with Crippen molar-refractivity contribution in [3.8, 4) is 17.3 Å². The van der Waals surface area contributed by atoms with Gasteiger partial charge in [-0.25, -0.2) is 4.98 Å². The van der Waals surface area contributed by atoms with E-state index in [1.165, 1.54) is 18.3 Å². The number of nitrogens with zero attached hydrogens (tertiary/aromatic N) is 2. The summed E-state index contributed by atoms with van der Waals surface area (Å²) in [6.07, 6.45) is 1.66. The molecule has 5 nitrogen and oxygen atoms in total. The van der Waals surface area contributed by atoms with E-state index in [2.05, 4.69) is 16.4 Å². The molecule has 0 radical (unpaired) electrons. The third-order valence-electron chi connectivity index (χ3n) is 3.64. The van der Waals surface area contributed by atoms with Crippen LogP contribution >= 0.6 is 11.3 Å². The minimum Gasteiger partial charge on any atom is -0.462 e. The molecule has 0 fully saturated rings. The van der Waals surface area contributed by atoms with Gasteiger partial charge in [-0.1, -0.05) is 41.2 Å². The van der Waals surface area contributed by atoms with E-state index in [1.807, 2.05) is 44.2 Å². The molecule has 3 aromatic rings. The maximum Gasteiger partial charge on any atom is 0.221 e. The standard InChI is InChI=1S/C20H17N3O2S/c1-12-4-7-15(8-5-12)18-20(22-14(3)24)26-19(23-18)16(11-21)10-17-9-6-13(2)25-17/h4-10H,1-3H3,(H,22,24)/b16-10+. The topological polar surface area (TPSA) is 78.9 Å². The molecule has 0 aliphatic rings. The molecule has 26 heavy (non-hydrogen) atoms. The van der Waals surface area contributed by atoms with Crippen molar-refractivity contribution in [1.29, 1.82) is 5.26 Å². The van der Waals surface area contributed by atoms with Crippen LogP contribution in [0, 0.1) is 25.2 Å². The molecule has 0 aliphatic carbocycles. The number of allylic oxidation sites excluding steroid dienone is 1. The van der Waals surface area contributed by atoms with E-state index in [4.69, 9.17) is 4.42 Å². The van der Waals surface area contributed by atoms with Crippen LogP contribution in [0.15, 0.2) is 40.8 Å². The molecule has 6 heteroatoms. The van der Waals surface area contributed by atoms with Crippen molar-refractivity contribution in [3.05, 3.63) is 58.5 Å². The van der Waals surface area contributed by atoms with Gasteiger partial charge in [0.1, 0.15) is 33.3 Å². The highest BCUT2D eigenvalue weighted by Gasteiger charge is 2.17. The number of aryl methyl sites for hydroxylation is 2. The van der Waals surface area contributed by atoms with Crippen molar-refractivity contribution in [2.45, 2.75) is 20.8 Å². The van der Waals surface area contributed by atoms with Gasteiger partial charge in [0.2, 0.25) is 5.91 Å². The van der Waals surface area contributed by atoms with Crippen LogP contribution in [-0.4, -0.2) is 10.9 Å². The van der Waals surface area contributed by atoms with Gasteiger partial charge in [-0.15, -0.1) is 0 Å². The second kappa shape index (κ2) is 7.38. The smallest absolute Gasteiger partial charge is 0.221 e. The van der Waals surface area contributed by atoms with E-state index in [0.29, 0.717) is 27.0 Å². The fourth-order valence-corrected chi connectivity index (χ4v) is 3.40. The number of carbonyl (C=O) groups excluding carboxylic acids is 1. The number of hydrogen-bond acceptors (Lipinski definition) is 5. The quantitative estimate of drug-likeness (QED) is 0.658. The van der Waals surface area contributed by atoms with Crippen LogP contribution in [0.1, 0.15) is 29.0 Å². The van der Waals surface area contributed by atoms with Crippen LogP contribution < -0.4 is 5.32 Å². The Kier molecular flexibility index (Phi) is 5.01. The molecule has 2 heterocycles. The molecule has 0 spiro atoms. The Morgan fingerprint density at radius 1 is 1.23 bits per heavy atom. The predicted molar refractivity (Wildman–Crippen MR) is 104 cm³/mol. The summed E-state index contributed by atoms with van der Waals surface area (Å²) in [6.45, 7) is 5.30. The molecule has 130 valence electrons. The number of amides is 1. The Balaban J connectivity index is 2.07. The van der Waals surface area contributed by atoms with Gasteiger partial charge in [-0.3, -0.25) is 4.79 Å². The first-order valence-corrected chi connectivity index (χ1v) is 8.82. The average molecular weight is 363 g/mol. The van der Waals surface area contributed by atoms with E-state index in [1.54, 1.807) is 12.1 Å². The number of thiazole rings is 1. The van der Waals surface area contributed by atoms with E-state index >= 15 is 0 Å². The molecule has 2 aromatic heterocycles. The highest BCUT2D eigenvalue weighted by molar-refractivity contribution is 7.17. The first kappa shape index (κ1) is 17.6. The van der Waals surface area contributed by atoms with Crippen LogP contribution in [0.25, 0.3) is 22.9 Å². The van der Waals surface area contributed by atoms with Gasteiger partial charge in [0.15, 0.2) is 0 Å². The number of benzene rings is 1.